The van der Waals surface area contributed by atoms with Gasteiger partial charge in [-0.1, -0.05) is 11.8 Å². The molecule has 0 amide bonds. The van der Waals surface area contributed by atoms with Gasteiger partial charge < -0.3 is 5.73 Å². The second-order valence-electron chi connectivity index (χ2n) is 3.11. The predicted octanol–water partition coefficient (Wildman–Crippen LogP) is 3.31. The third-order valence-corrected chi connectivity index (χ3v) is 5.50. The molecule has 2 nitrogen and oxygen atoms in total. The van der Waals surface area contributed by atoms with E-state index < -0.39 is 0 Å². The van der Waals surface area contributed by atoms with Crippen LogP contribution in [-0.2, 0) is 0 Å². The molecular formula is C10H12N2S3. The summed E-state index contributed by atoms with van der Waals surface area (Å²) in [6, 6.07) is 2.14. The molecule has 2 aromatic rings. The van der Waals surface area contributed by atoms with E-state index in [9.17, 15) is 0 Å². The number of thiophene rings is 1. The van der Waals surface area contributed by atoms with Crippen molar-refractivity contribution >= 4 is 34.4 Å². The normalized spacial score (nSPS) is 12.9. The Labute approximate surface area is 102 Å². The largest absolute Gasteiger partial charge is 0.329 e. The van der Waals surface area contributed by atoms with Crippen molar-refractivity contribution in [2.24, 2.45) is 5.73 Å². The molecule has 0 bridgehead atoms. The van der Waals surface area contributed by atoms with Crippen LogP contribution in [0, 0.1) is 6.92 Å². The summed E-state index contributed by atoms with van der Waals surface area (Å²) in [5.74, 6) is 0. The summed E-state index contributed by atoms with van der Waals surface area (Å²) in [4.78, 5) is 5.65. The molecule has 0 saturated heterocycles. The molecule has 2 aromatic heterocycles. The van der Waals surface area contributed by atoms with Crippen LogP contribution >= 0.6 is 34.4 Å². The summed E-state index contributed by atoms with van der Waals surface area (Å²) in [5.41, 5.74) is 7.15. The quantitative estimate of drug-likeness (QED) is 0.853. The standard InChI is InChI=1S/C10H12N2S3/c1-7-2-4-13-9(7)8(6-11)15-10-12-3-5-14-10/h2-5,8H,6,11H2,1H3. The van der Waals surface area contributed by atoms with Crippen molar-refractivity contribution in [1.82, 2.24) is 4.98 Å². The van der Waals surface area contributed by atoms with Crippen LogP contribution in [0.5, 0.6) is 0 Å². The van der Waals surface area contributed by atoms with E-state index in [1.165, 1.54) is 10.4 Å². The second kappa shape index (κ2) is 5.12. The molecule has 0 spiro atoms. The molecule has 2 N–H and O–H groups in total. The van der Waals surface area contributed by atoms with Gasteiger partial charge in [-0.05, 0) is 23.9 Å². The molecule has 0 fully saturated rings. The minimum atomic E-state index is 0.344. The van der Waals surface area contributed by atoms with Crippen molar-refractivity contribution in [2.75, 3.05) is 6.54 Å². The molecule has 15 heavy (non-hydrogen) atoms. The van der Waals surface area contributed by atoms with E-state index in [4.69, 9.17) is 5.73 Å². The summed E-state index contributed by atoms with van der Waals surface area (Å²) in [6.45, 7) is 2.79. The third kappa shape index (κ3) is 2.60. The van der Waals surface area contributed by atoms with Crippen molar-refractivity contribution < 1.29 is 0 Å². The van der Waals surface area contributed by atoms with Crippen LogP contribution in [0.3, 0.4) is 0 Å². The number of thioether (sulfide) groups is 1. The highest BCUT2D eigenvalue weighted by molar-refractivity contribution is 8.01. The molecule has 5 heteroatoms. The van der Waals surface area contributed by atoms with Gasteiger partial charge in [-0.15, -0.1) is 22.7 Å². The molecule has 1 unspecified atom stereocenters. The number of hydrogen-bond donors (Lipinski definition) is 1. The van der Waals surface area contributed by atoms with Crippen LogP contribution in [0.25, 0.3) is 0 Å². The number of rotatable bonds is 4. The first-order valence-electron chi connectivity index (χ1n) is 4.61. The zero-order valence-electron chi connectivity index (χ0n) is 8.34. The van der Waals surface area contributed by atoms with E-state index in [0.717, 1.165) is 4.34 Å². The van der Waals surface area contributed by atoms with E-state index in [1.807, 2.05) is 11.6 Å². The van der Waals surface area contributed by atoms with Gasteiger partial charge in [-0.25, -0.2) is 4.98 Å². The highest BCUT2D eigenvalue weighted by Gasteiger charge is 2.16. The van der Waals surface area contributed by atoms with Crippen molar-refractivity contribution in [3.63, 3.8) is 0 Å². The second-order valence-corrected chi connectivity index (χ2v) is 6.40. The molecule has 80 valence electrons. The van der Waals surface area contributed by atoms with E-state index in [1.54, 1.807) is 34.4 Å². The highest BCUT2D eigenvalue weighted by Crippen LogP contribution is 2.38. The molecular weight excluding hydrogens is 244 g/mol. The van der Waals surface area contributed by atoms with E-state index in [2.05, 4.69) is 23.4 Å². The van der Waals surface area contributed by atoms with Crippen LogP contribution in [0.2, 0.25) is 0 Å². The lowest BCUT2D eigenvalue weighted by Crippen LogP contribution is -2.08. The number of nitrogens with two attached hydrogens (primary N) is 1. The van der Waals surface area contributed by atoms with E-state index in [0.29, 0.717) is 11.8 Å². The lowest BCUT2D eigenvalue weighted by molar-refractivity contribution is 0.950. The Morgan fingerprint density at radius 3 is 2.87 bits per heavy atom. The third-order valence-electron chi connectivity index (χ3n) is 2.06. The molecule has 0 aliphatic heterocycles. The van der Waals surface area contributed by atoms with Crippen molar-refractivity contribution in [3.05, 3.63) is 33.5 Å². The Morgan fingerprint density at radius 2 is 2.33 bits per heavy atom. The van der Waals surface area contributed by atoms with Gasteiger partial charge in [0.05, 0.1) is 5.25 Å². The summed E-state index contributed by atoms with van der Waals surface area (Å²) in [7, 11) is 0. The Morgan fingerprint density at radius 1 is 1.47 bits per heavy atom. The fraction of sp³-hybridized carbons (Fsp3) is 0.300. The monoisotopic (exact) mass is 256 g/mol. The van der Waals surface area contributed by atoms with Gasteiger partial charge >= 0.3 is 0 Å². The lowest BCUT2D eigenvalue weighted by atomic mass is 10.2. The number of aromatic nitrogens is 1. The molecule has 0 aliphatic rings. The SMILES string of the molecule is Cc1ccsc1C(CN)Sc1nccs1. The Balaban J connectivity index is 2.15. The van der Waals surface area contributed by atoms with Crippen LogP contribution < -0.4 is 5.73 Å². The highest BCUT2D eigenvalue weighted by atomic mass is 32.2. The average Bonchev–Trinajstić information content (AvgIpc) is 2.85. The zero-order chi connectivity index (χ0) is 10.7. The molecule has 0 aromatic carbocycles. The smallest absolute Gasteiger partial charge is 0.150 e. The fourth-order valence-corrected chi connectivity index (χ4v) is 4.40. The van der Waals surface area contributed by atoms with Crippen LogP contribution in [0.15, 0.2) is 27.4 Å². The van der Waals surface area contributed by atoms with Crippen molar-refractivity contribution in [1.29, 1.82) is 0 Å². The first kappa shape index (κ1) is 11.1. The molecule has 2 rings (SSSR count). The molecule has 2 heterocycles. The maximum absolute atomic E-state index is 5.81. The first-order chi connectivity index (χ1) is 7.31. The number of nitrogens with zero attached hydrogens (tertiary/aromatic N) is 1. The minimum Gasteiger partial charge on any atom is -0.329 e. The van der Waals surface area contributed by atoms with E-state index >= 15 is 0 Å². The summed E-state index contributed by atoms with van der Waals surface area (Å²) >= 11 is 5.21. The summed E-state index contributed by atoms with van der Waals surface area (Å²) in [5, 5.41) is 4.46. The molecule has 1 atom stereocenters. The van der Waals surface area contributed by atoms with Gasteiger partial charge in [-0.2, -0.15) is 0 Å². The fourth-order valence-electron chi connectivity index (χ4n) is 1.31. The maximum atomic E-state index is 5.81. The van der Waals surface area contributed by atoms with Crippen molar-refractivity contribution in [3.8, 4) is 0 Å². The topological polar surface area (TPSA) is 38.9 Å². The average molecular weight is 256 g/mol. The van der Waals surface area contributed by atoms with E-state index in [-0.39, 0.29) is 0 Å². The van der Waals surface area contributed by atoms with Gasteiger partial charge in [0.25, 0.3) is 0 Å². The number of thiazole rings is 1. The predicted molar refractivity (Wildman–Crippen MR) is 68.8 cm³/mol. The summed E-state index contributed by atoms with van der Waals surface area (Å²) in [6.07, 6.45) is 1.84. The number of aryl methyl sites for hydroxylation is 1. The van der Waals surface area contributed by atoms with Gasteiger partial charge in [0.2, 0.25) is 0 Å². The Kier molecular flexibility index (Phi) is 3.80. The number of hydrogen-bond acceptors (Lipinski definition) is 5. The van der Waals surface area contributed by atoms with Crippen molar-refractivity contribution in [2.45, 2.75) is 16.5 Å². The Bertz CT molecular complexity index is 408. The van der Waals surface area contributed by atoms with Crippen LogP contribution in [0.4, 0.5) is 0 Å². The van der Waals surface area contributed by atoms with Gasteiger partial charge in [-0.3, -0.25) is 0 Å². The molecule has 0 aliphatic carbocycles. The summed E-state index contributed by atoms with van der Waals surface area (Å²) < 4.78 is 1.10. The molecule has 0 saturated carbocycles. The van der Waals surface area contributed by atoms with Crippen LogP contribution in [-0.4, -0.2) is 11.5 Å². The lowest BCUT2D eigenvalue weighted by Gasteiger charge is -2.11. The van der Waals surface area contributed by atoms with Gasteiger partial charge in [0, 0.05) is 23.0 Å². The first-order valence-corrected chi connectivity index (χ1v) is 7.25. The molecule has 0 radical (unpaired) electrons. The minimum absolute atomic E-state index is 0.344. The maximum Gasteiger partial charge on any atom is 0.150 e. The van der Waals surface area contributed by atoms with Gasteiger partial charge in [0.15, 0.2) is 0 Å². The van der Waals surface area contributed by atoms with Crippen LogP contribution in [0.1, 0.15) is 15.7 Å². The zero-order valence-corrected chi connectivity index (χ0v) is 10.8. The Hall–Kier alpha value is -0.360. The van der Waals surface area contributed by atoms with Gasteiger partial charge in [0.1, 0.15) is 4.34 Å².